The van der Waals surface area contributed by atoms with E-state index in [0.29, 0.717) is 0 Å². The summed E-state index contributed by atoms with van der Waals surface area (Å²) >= 11 is 0. The van der Waals surface area contributed by atoms with E-state index in [4.69, 9.17) is 0 Å². The first-order valence-corrected chi connectivity index (χ1v) is 15.6. The minimum Gasteiger partial charge on any atom is -0.0642 e. The van der Waals surface area contributed by atoms with Gasteiger partial charge in [-0.2, -0.15) is 0 Å². The van der Waals surface area contributed by atoms with E-state index in [1.54, 1.807) is 50.1 Å². The molecule has 0 aliphatic heterocycles. The minimum atomic E-state index is 0.0360. The van der Waals surface area contributed by atoms with E-state index in [1.807, 2.05) is 0 Å². The standard InChI is InChI=1S/C39H42/c1-7-37(8-2)28-22-16-13-19-25(28)31-32-26-20-14-17-23-29(26)38(9-3,10-4)35(32)36-33(34(31)37)27-21-15-18-24-30(27)39(36,11-5)12-6/h13-24H,7-12H2,1-6H3. The smallest absolute Gasteiger partial charge is 0.0216 e. The van der Waals surface area contributed by atoms with E-state index in [-0.39, 0.29) is 16.2 Å². The van der Waals surface area contributed by atoms with Crippen LogP contribution in [-0.4, -0.2) is 0 Å². The maximum Gasteiger partial charge on any atom is 0.0216 e. The van der Waals surface area contributed by atoms with Gasteiger partial charge >= 0.3 is 0 Å². The van der Waals surface area contributed by atoms with Crippen molar-refractivity contribution in [1.29, 1.82) is 0 Å². The van der Waals surface area contributed by atoms with Gasteiger partial charge in [0.15, 0.2) is 0 Å². The van der Waals surface area contributed by atoms with Gasteiger partial charge in [0.2, 0.25) is 0 Å². The average Bonchev–Trinajstić information content (AvgIpc) is 3.57. The second kappa shape index (κ2) is 8.44. The summed E-state index contributed by atoms with van der Waals surface area (Å²) in [5.74, 6) is 0. The Morgan fingerprint density at radius 2 is 0.641 bits per heavy atom. The van der Waals surface area contributed by atoms with E-state index >= 15 is 0 Å². The van der Waals surface area contributed by atoms with Crippen LogP contribution in [0.25, 0.3) is 33.4 Å². The van der Waals surface area contributed by atoms with Crippen LogP contribution in [0.2, 0.25) is 0 Å². The first kappa shape index (κ1) is 24.9. The Labute approximate surface area is 235 Å². The Hall–Kier alpha value is -3.12. The number of hydrogen-bond acceptors (Lipinski definition) is 0. The van der Waals surface area contributed by atoms with Gasteiger partial charge in [-0.15, -0.1) is 0 Å². The maximum atomic E-state index is 2.46. The molecule has 0 heteroatoms. The summed E-state index contributed by atoms with van der Waals surface area (Å²) in [5.41, 5.74) is 19.0. The molecule has 3 aliphatic carbocycles. The van der Waals surface area contributed by atoms with Crippen LogP contribution in [0.5, 0.6) is 0 Å². The first-order valence-electron chi connectivity index (χ1n) is 15.6. The second-order valence-corrected chi connectivity index (χ2v) is 12.3. The fourth-order valence-corrected chi connectivity index (χ4v) is 9.71. The van der Waals surface area contributed by atoms with Gasteiger partial charge in [-0.25, -0.2) is 0 Å². The lowest BCUT2D eigenvalue weighted by Gasteiger charge is -2.39. The molecule has 0 bridgehead atoms. The third-order valence-electron chi connectivity index (χ3n) is 11.7. The molecule has 0 spiro atoms. The van der Waals surface area contributed by atoms with Crippen molar-refractivity contribution in [3.63, 3.8) is 0 Å². The SMILES string of the molecule is CCC1(CC)c2ccccc2-c2c3c(c4c(c21)-c1ccccc1C4(CC)CC)C(CC)(CC)c1ccccc1-3. The van der Waals surface area contributed by atoms with Crippen LogP contribution in [0.1, 0.15) is 113 Å². The molecule has 3 aliphatic rings. The quantitative estimate of drug-likeness (QED) is 0.242. The van der Waals surface area contributed by atoms with Gasteiger partial charge in [0.05, 0.1) is 0 Å². The molecule has 198 valence electrons. The molecular formula is C39H42. The molecule has 0 nitrogen and oxygen atoms in total. The third kappa shape index (κ3) is 2.62. The predicted molar refractivity (Wildman–Crippen MR) is 167 cm³/mol. The number of rotatable bonds is 6. The predicted octanol–water partition coefficient (Wildman–Crippen LogP) is 10.9. The molecule has 0 N–H and O–H groups in total. The van der Waals surface area contributed by atoms with Crippen LogP contribution in [0.3, 0.4) is 0 Å². The van der Waals surface area contributed by atoms with E-state index < -0.39 is 0 Å². The van der Waals surface area contributed by atoms with Gasteiger partial charge < -0.3 is 0 Å². The number of hydrogen-bond donors (Lipinski definition) is 0. The molecule has 0 aromatic heterocycles. The molecule has 39 heavy (non-hydrogen) atoms. The molecule has 0 radical (unpaired) electrons. The molecule has 0 atom stereocenters. The fourth-order valence-electron chi connectivity index (χ4n) is 9.71. The number of fused-ring (bicyclic) bond motifs is 12. The number of benzene rings is 4. The van der Waals surface area contributed by atoms with Crippen LogP contribution in [0.4, 0.5) is 0 Å². The van der Waals surface area contributed by atoms with Crippen LogP contribution >= 0.6 is 0 Å². The van der Waals surface area contributed by atoms with Gasteiger partial charge in [0.25, 0.3) is 0 Å². The lowest BCUT2D eigenvalue weighted by Crippen LogP contribution is -2.32. The van der Waals surface area contributed by atoms with Crippen molar-refractivity contribution in [2.45, 2.75) is 96.3 Å². The fraction of sp³-hybridized carbons (Fsp3) is 0.385. The summed E-state index contributed by atoms with van der Waals surface area (Å²) in [5, 5.41) is 0. The largest absolute Gasteiger partial charge is 0.0642 e. The molecule has 0 amide bonds. The lowest BCUT2D eigenvalue weighted by atomic mass is 9.63. The van der Waals surface area contributed by atoms with Gasteiger partial charge in [-0.3, -0.25) is 0 Å². The zero-order valence-electron chi connectivity index (χ0n) is 24.7. The molecule has 0 saturated heterocycles. The van der Waals surface area contributed by atoms with Gasteiger partial charge in [-0.05, 0) is 105 Å². The Balaban J connectivity index is 1.82. The maximum absolute atomic E-state index is 2.46. The van der Waals surface area contributed by atoms with E-state index in [2.05, 4.69) is 114 Å². The minimum absolute atomic E-state index is 0.0360. The highest BCUT2D eigenvalue weighted by Crippen LogP contribution is 2.70. The van der Waals surface area contributed by atoms with Crippen molar-refractivity contribution in [3.8, 4) is 33.4 Å². The zero-order valence-corrected chi connectivity index (χ0v) is 24.7. The molecule has 0 saturated carbocycles. The van der Waals surface area contributed by atoms with Gasteiger partial charge in [0.1, 0.15) is 0 Å². The molecule has 4 aromatic carbocycles. The van der Waals surface area contributed by atoms with Crippen LogP contribution in [0.15, 0.2) is 72.8 Å². The van der Waals surface area contributed by atoms with Crippen molar-refractivity contribution in [2.24, 2.45) is 0 Å². The molecule has 4 aromatic rings. The Morgan fingerprint density at radius 3 is 1.03 bits per heavy atom. The van der Waals surface area contributed by atoms with Crippen LogP contribution < -0.4 is 0 Å². The lowest BCUT2D eigenvalue weighted by molar-refractivity contribution is 0.445. The Bertz CT molecular complexity index is 1620. The summed E-state index contributed by atoms with van der Waals surface area (Å²) in [7, 11) is 0. The normalized spacial score (nSPS) is 17.7. The highest BCUT2D eigenvalue weighted by molar-refractivity contribution is 6.06. The van der Waals surface area contributed by atoms with E-state index in [0.717, 1.165) is 38.5 Å². The average molecular weight is 511 g/mol. The third-order valence-corrected chi connectivity index (χ3v) is 11.7. The molecule has 0 unspecified atom stereocenters. The van der Waals surface area contributed by atoms with Crippen molar-refractivity contribution in [1.82, 2.24) is 0 Å². The van der Waals surface area contributed by atoms with Crippen molar-refractivity contribution in [3.05, 3.63) is 106 Å². The summed E-state index contributed by atoms with van der Waals surface area (Å²) < 4.78 is 0. The molecule has 0 heterocycles. The topological polar surface area (TPSA) is 0 Å². The summed E-state index contributed by atoms with van der Waals surface area (Å²) in [6.45, 7) is 14.6. The van der Waals surface area contributed by atoms with E-state index in [9.17, 15) is 0 Å². The second-order valence-electron chi connectivity index (χ2n) is 12.3. The molecule has 7 rings (SSSR count). The summed E-state index contributed by atoms with van der Waals surface area (Å²) in [4.78, 5) is 0. The first-order chi connectivity index (χ1) is 19.0. The van der Waals surface area contributed by atoms with Gasteiger partial charge in [0, 0.05) is 16.2 Å². The van der Waals surface area contributed by atoms with E-state index in [1.165, 1.54) is 16.7 Å². The summed E-state index contributed by atoms with van der Waals surface area (Å²) in [6.07, 6.45) is 6.79. The molecular weight excluding hydrogens is 468 g/mol. The monoisotopic (exact) mass is 510 g/mol. The Morgan fingerprint density at radius 1 is 0.359 bits per heavy atom. The highest BCUT2D eigenvalue weighted by atomic mass is 14.6. The highest BCUT2D eigenvalue weighted by Gasteiger charge is 2.56. The van der Waals surface area contributed by atoms with Crippen molar-refractivity contribution in [2.75, 3.05) is 0 Å². The zero-order chi connectivity index (χ0) is 27.2. The van der Waals surface area contributed by atoms with Gasteiger partial charge in [-0.1, -0.05) is 114 Å². The van der Waals surface area contributed by atoms with Crippen LogP contribution in [0, 0.1) is 0 Å². The molecule has 0 fully saturated rings. The van der Waals surface area contributed by atoms with Crippen molar-refractivity contribution >= 4 is 0 Å². The van der Waals surface area contributed by atoms with Crippen LogP contribution in [-0.2, 0) is 16.2 Å². The Kier molecular flexibility index (Phi) is 5.39. The summed E-state index contributed by atoms with van der Waals surface area (Å²) in [6, 6.07) is 28.4. The van der Waals surface area contributed by atoms with Crippen molar-refractivity contribution < 1.29 is 0 Å².